The van der Waals surface area contributed by atoms with Gasteiger partial charge in [-0.05, 0) is 36.3 Å². The van der Waals surface area contributed by atoms with E-state index < -0.39 is 0 Å². The maximum atomic E-state index is 12.7. The highest BCUT2D eigenvalue weighted by Crippen LogP contribution is 2.06. The molecular formula is C20H28N4O. The van der Waals surface area contributed by atoms with Gasteiger partial charge in [0.05, 0.1) is 0 Å². The first-order chi connectivity index (χ1) is 12.2. The largest absolute Gasteiger partial charge is 0.334 e. The van der Waals surface area contributed by atoms with Crippen LogP contribution >= 0.6 is 0 Å². The van der Waals surface area contributed by atoms with Crippen LogP contribution in [0.1, 0.15) is 25.0 Å². The molecule has 1 heterocycles. The number of pyridine rings is 1. The molecule has 0 spiro atoms. The van der Waals surface area contributed by atoms with Gasteiger partial charge in [-0.2, -0.15) is 0 Å². The smallest absolute Gasteiger partial charge is 0.318 e. The van der Waals surface area contributed by atoms with Crippen molar-refractivity contribution in [3.05, 3.63) is 66.0 Å². The number of amides is 2. The summed E-state index contributed by atoms with van der Waals surface area (Å²) in [5, 5.41) is 3.02. The van der Waals surface area contributed by atoms with Crippen molar-refractivity contribution in [2.24, 2.45) is 0 Å². The van der Waals surface area contributed by atoms with Crippen molar-refractivity contribution in [2.75, 3.05) is 26.2 Å². The molecule has 0 aliphatic carbocycles. The van der Waals surface area contributed by atoms with E-state index >= 15 is 0 Å². The van der Waals surface area contributed by atoms with Gasteiger partial charge in [-0.25, -0.2) is 4.79 Å². The average molecular weight is 340 g/mol. The predicted octanol–water partition coefficient (Wildman–Crippen LogP) is 3.14. The average Bonchev–Trinajstić information content (AvgIpc) is 2.67. The molecule has 0 atom stereocenters. The van der Waals surface area contributed by atoms with Crippen molar-refractivity contribution in [2.45, 2.75) is 26.9 Å². The normalized spacial score (nSPS) is 10.7. The van der Waals surface area contributed by atoms with Gasteiger partial charge >= 0.3 is 6.03 Å². The van der Waals surface area contributed by atoms with E-state index in [1.54, 1.807) is 12.4 Å². The Bertz CT molecular complexity index is 614. The standard InChI is InChI=1S/C20H28N4O/c1-3-23(4-2)14-15-24(17-19-8-6-5-7-9-19)20(25)22-16-18-10-12-21-13-11-18/h5-13H,3-4,14-17H2,1-2H3,(H,22,25). The van der Waals surface area contributed by atoms with Crippen LogP contribution in [0.25, 0.3) is 0 Å². The Morgan fingerprint density at radius 3 is 2.28 bits per heavy atom. The molecule has 0 saturated carbocycles. The Labute approximate surface area is 150 Å². The molecule has 1 aromatic carbocycles. The van der Waals surface area contributed by atoms with Crippen molar-refractivity contribution in [1.29, 1.82) is 0 Å². The molecule has 2 aromatic rings. The third kappa shape index (κ3) is 6.55. The van der Waals surface area contributed by atoms with Gasteiger partial charge in [0, 0.05) is 38.6 Å². The monoisotopic (exact) mass is 340 g/mol. The topological polar surface area (TPSA) is 48.5 Å². The highest BCUT2D eigenvalue weighted by Gasteiger charge is 2.14. The minimum Gasteiger partial charge on any atom is -0.334 e. The molecule has 0 radical (unpaired) electrons. The zero-order valence-electron chi connectivity index (χ0n) is 15.2. The second kappa shape index (κ2) is 10.5. The molecule has 1 N–H and O–H groups in total. The summed E-state index contributed by atoms with van der Waals surface area (Å²) in [7, 11) is 0. The van der Waals surface area contributed by atoms with Crippen LogP contribution in [0.3, 0.4) is 0 Å². The van der Waals surface area contributed by atoms with Crippen LogP contribution in [0.5, 0.6) is 0 Å². The molecule has 0 aliphatic rings. The van der Waals surface area contributed by atoms with E-state index in [1.165, 1.54) is 0 Å². The fourth-order valence-electron chi connectivity index (χ4n) is 2.65. The molecule has 5 heteroatoms. The fraction of sp³-hybridized carbons (Fsp3) is 0.400. The lowest BCUT2D eigenvalue weighted by Crippen LogP contribution is -2.43. The lowest BCUT2D eigenvalue weighted by molar-refractivity contribution is 0.181. The predicted molar refractivity (Wildman–Crippen MR) is 101 cm³/mol. The Morgan fingerprint density at radius 1 is 0.960 bits per heavy atom. The number of hydrogen-bond donors (Lipinski definition) is 1. The maximum absolute atomic E-state index is 12.7. The minimum absolute atomic E-state index is 0.0344. The third-order valence-electron chi connectivity index (χ3n) is 4.28. The lowest BCUT2D eigenvalue weighted by Gasteiger charge is -2.27. The summed E-state index contributed by atoms with van der Waals surface area (Å²) in [5.74, 6) is 0. The number of nitrogens with zero attached hydrogens (tertiary/aromatic N) is 3. The zero-order valence-corrected chi connectivity index (χ0v) is 15.2. The van der Waals surface area contributed by atoms with Crippen LogP contribution in [0.15, 0.2) is 54.9 Å². The molecular weight excluding hydrogens is 312 g/mol. The molecule has 0 unspecified atom stereocenters. The molecule has 1 aromatic heterocycles. The molecule has 0 aliphatic heterocycles. The number of benzene rings is 1. The molecule has 134 valence electrons. The number of carbonyl (C=O) groups is 1. The zero-order chi connectivity index (χ0) is 17.9. The lowest BCUT2D eigenvalue weighted by atomic mass is 10.2. The van der Waals surface area contributed by atoms with E-state index in [1.807, 2.05) is 35.2 Å². The summed E-state index contributed by atoms with van der Waals surface area (Å²) in [6.45, 7) is 9.00. The number of aromatic nitrogens is 1. The molecule has 2 rings (SSSR count). The van der Waals surface area contributed by atoms with Gasteiger partial charge in [0.2, 0.25) is 0 Å². The summed E-state index contributed by atoms with van der Waals surface area (Å²) >= 11 is 0. The Kier molecular flexibility index (Phi) is 7.92. The third-order valence-corrected chi connectivity index (χ3v) is 4.28. The van der Waals surface area contributed by atoms with Crippen LogP contribution in [0, 0.1) is 0 Å². The molecule has 0 bridgehead atoms. The van der Waals surface area contributed by atoms with Crippen LogP contribution in [-0.4, -0.2) is 47.0 Å². The Morgan fingerprint density at radius 2 is 1.64 bits per heavy atom. The van der Waals surface area contributed by atoms with Crippen LogP contribution in [0.4, 0.5) is 4.79 Å². The molecule has 25 heavy (non-hydrogen) atoms. The maximum Gasteiger partial charge on any atom is 0.318 e. The Balaban J connectivity index is 1.97. The van der Waals surface area contributed by atoms with Crippen molar-refractivity contribution in [3.63, 3.8) is 0 Å². The minimum atomic E-state index is -0.0344. The second-order valence-electron chi connectivity index (χ2n) is 5.95. The van der Waals surface area contributed by atoms with E-state index in [2.05, 4.69) is 41.2 Å². The fourth-order valence-corrected chi connectivity index (χ4v) is 2.65. The van der Waals surface area contributed by atoms with Crippen molar-refractivity contribution < 1.29 is 4.79 Å². The van der Waals surface area contributed by atoms with Gasteiger partial charge in [-0.15, -0.1) is 0 Å². The second-order valence-corrected chi connectivity index (χ2v) is 5.95. The summed E-state index contributed by atoms with van der Waals surface area (Å²) in [6.07, 6.45) is 3.48. The summed E-state index contributed by atoms with van der Waals surface area (Å²) in [5.41, 5.74) is 2.19. The van der Waals surface area contributed by atoms with Crippen LogP contribution < -0.4 is 5.32 Å². The number of hydrogen-bond acceptors (Lipinski definition) is 3. The van der Waals surface area contributed by atoms with E-state index in [4.69, 9.17) is 0 Å². The van der Waals surface area contributed by atoms with Gasteiger partial charge in [0.1, 0.15) is 0 Å². The molecule has 5 nitrogen and oxygen atoms in total. The highest BCUT2D eigenvalue weighted by molar-refractivity contribution is 5.74. The van der Waals surface area contributed by atoms with Gasteiger partial charge in [0.15, 0.2) is 0 Å². The van der Waals surface area contributed by atoms with Crippen LogP contribution in [0.2, 0.25) is 0 Å². The molecule has 2 amide bonds. The first-order valence-corrected chi connectivity index (χ1v) is 8.90. The highest BCUT2D eigenvalue weighted by atomic mass is 16.2. The van der Waals surface area contributed by atoms with E-state index in [0.29, 0.717) is 19.6 Å². The first kappa shape index (κ1) is 18.9. The van der Waals surface area contributed by atoms with E-state index in [-0.39, 0.29) is 6.03 Å². The van der Waals surface area contributed by atoms with Crippen molar-refractivity contribution in [3.8, 4) is 0 Å². The molecule has 0 saturated heterocycles. The Hall–Kier alpha value is -2.40. The summed E-state index contributed by atoms with van der Waals surface area (Å²) in [4.78, 5) is 20.9. The van der Waals surface area contributed by atoms with Crippen molar-refractivity contribution in [1.82, 2.24) is 20.1 Å². The first-order valence-electron chi connectivity index (χ1n) is 8.90. The molecule has 0 fully saturated rings. The van der Waals surface area contributed by atoms with Gasteiger partial charge in [-0.3, -0.25) is 4.98 Å². The quantitative estimate of drug-likeness (QED) is 0.763. The number of likely N-dealkylation sites (N-methyl/N-ethyl adjacent to an activating group) is 1. The van der Waals surface area contributed by atoms with E-state index in [0.717, 1.165) is 30.8 Å². The van der Waals surface area contributed by atoms with Gasteiger partial charge < -0.3 is 15.1 Å². The number of rotatable bonds is 9. The van der Waals surface area contributed by atoms with E-state index in [9.17, 15) is 4.79 Å². The van der Waals surface area contributed by atoms with Gasteiger partial charge in [0.25, 0.3) is 0 Å². The van der Waals surface area contributed by atoms with Crippen molar-refractivity contribution >= 4 is 6.03 Å². The van der Waals surface area contributed by atoms with Gasteiger partial charge in [-0.1, -0.05) is 44.2 Å². The number of urea groups is 1. The van der Waals surface area contributed by atoms with Crippen LogP contribution in [-0.2, 0) is 13.1 Å². The number of nitrogens with one attached hydrogen (secondary N) is 1. The SMILES string of the molecule is CCN(CC)CCN(Cc1ccccc1)C(=O)NCc1ccncc1. The number of carbonyl (C=O) groups excluding carboxylic acids is 1. The summed E-state index contributed by atoms with van der Waals surface area (Å²) < 4.78 is 0. The summed E-state index contributed by atoms with van der Waals surface area (Å²) in [6, 6.07) is 13.9.